The number of nitriles is 1. The van der Waals surface area contributed by atoms with Gasteiger partial charge < -0.3 is 44.9 Å². The highest BCUT2D eigenvalue weighted by molar-refractivity contribution is 6.32. The number of carboxylic acid groups (broad SMARTS) is 2. The molecule has 6 rings (SSSR count). The third-order valence-corrected chi connectivity index (χ3v) is 10.2. The van der Waals surface area contributed by atoms with Gasteiger partial charge in [0.1, 0.15) is 36.4 Å². The van der Waals surface area contributed by atoms with E-state index in [1.54, 1.807) is 24.4 Å². The van der Waals surface area contributed by atoms with Crippen molar-refractivity contribution in [3.8, 4) is 40.0 Å². The number of carboxylic acids is 2. The van der Waals surface area contributed by atoms with Crippen LogP contribution in [0.3, 0.4) is 0 Å². The average Bonchev–Trinajstić information content (AvgIpc) is 3.63. The fourth-order valence-electron chi connectivity index (χ4n) is 6.82. The van der Waals surface area contributed by atoms with Crippen LogP contribution in [0.4, 0.5) is 0 Å². The van der Waals surface area contributed by atoms with Crippen LogP contribution >= 0.6 is 11.6 Å². The lowest BCUT2D eigenvalue weighted by Crippen LogP contribution is -2.28. The zero-order valence-corrected chi connectivity index (χ0v) is 33.8. The molecule has 14 nitrogen and oxygen atoms in total. The summed E-state index contributed by atoms with van der Waals surface area (Å²) in [5.74, 6) is -1.31. The number of rotatable bonds is 20. The molecule has 0 bridgehead atoms. The summed E-state index contributed by atoms with van der Waals surface area (Å²) in [6.07, 6.45) is 4.26. The van der Waals surface area contributed by atoms with Crippen LogP contribution in [0.2, 0.25) is 5.02 Å². The molecule has 15 heteroatoms. The summed E-state index contributed by atoms with van der Waals surface area (Å²) >= 11 is 6.77. The molecule has 0 amide bonds. The molecule has 3 aromatic carbocycles. The number of hydrogen-bond donors (Lipinski definition) is 6. The number of aliphatic hydroxyl groups is 2. The van der Waals surface area contributed by atoms with E-state index in [1.165, 1.54) is 6.20 Å². The van der Waals surface area contributed by atoms with E-state index < -0.39 is 30.6 Å². The van der Waals surface area contributed by atoms with Gasteiger partial charge in [-0.05, 0) is 65.4 Å². The predicted octanol–water partition coefficient (Wildman–Crippen LogP) is 6.21. The molecule has 3 heterocycles. The highest BCUT2D eigenvalue weighted by atomic mass is 35.5. The second-order valence-electron chi connectivity index (χ2n) is 14.4. The molecular weight excluding hydrogens is 788 g/mol. The number of benzene rings is 3. The average molecular weight is 833 g/mol. The number of nitrogens with zero attached hydrogens (tertiary/aromatic N) is 4. The van der Waals surface area contributed by atoms with Crippen molar-refractivity contribution in [1.29, 1.82) is 5.26 Å². The van der Waals surface area contributed by atoms with E-state index in [-0.39, 0.29) is 39.3 Å². The molecule has 0 radical (unpaired) electrons. The number of carbonyl (C=O) groups is 2. The van der Waals surface area contributed by atoms with Crippen LogP contribution in [0, 0.1) is 25.2 Å². The Kier molecular flexibility index (Phi) is 14.5. The van der Waals surface area contributed by atoms with E-state index in [9.17, 15) is 25.1 Å². The first-order valence-electron chi connectivity index (χ1n) is 19.2. The fraction of sp³-hybridized carbons (Fsp3) is 0.267. The van der Waals surface area contributed by atoms with E-state index in [4.69, 9.17) is 36.3 Å². The van der Waals surface area contributed by atoms with Crippen LogP contribution < -0.4 is 20.1 Å². The van der Waals surface area contributed by atoms with Crippen LogP contribution in [0.1, 0.15) is 51.8 Å². The highest BCUT2D eigenvalue weighted by Crippen LogP contribution is 2.37. The lowest BCUT2D eigenvalue weighted by Gasteiger charge is -2.18. The maximum Gasteiger partial charge on any atom is 0.306 e. The van der Waals surface area contributed by atoms with Gasteiger partial charge in [-0.25, -0.2) is 4.98 Å². The van der Waals surface area contributed by atoms with Crippen LogP contribution in [-0.2, 0) is 35.9 Å². The Labute approximate surface area is 351 Å². The Hall–Kier alpha value is -6.34. The summed E-state index contributed by atoms with van der Waals surface area (Å²) in [5, 5.41) is 53.6. The molecule has 310 valence electrons. The molecular formula is C45H45ClN6O8. The molecule has 0 aliphatic carbocycles. The Morgan fingerprint density at radius 1 is 0.783 bits per heavy atom. The van der Waals surface area contributed by atoms with E-state index in [0.717, 1.165) is 50.3 Å². The normalized spacial score (nSPS) is 12.2. The van der Waals surface area contributed by atoms with Crippen molar-refractivity contribution in [2.75, 3.05) is 13.1 Å². The largest absolute Gasteiger partial charge is 0.488 e. The van der Waals surface area contributed by atoms with Crippen molar-refractivity contribution in [3.05, 3.63) is 135 Å². The Balaban J connectivity index is 1.19. The molecule has 0 saturated heterocycles. The van der Waals surface area contributed by atoms with Gasteiger partial charge in [-0.2, -0.15) is 5.26 Å². The van der Waals surface area contributed by atoms with Gasteiger partial charge in [0.25, 0.3) is 0 Å². The van der Waals surface area contributed by atoms with Crippen LogP contribution in [0.5, 0.6) is 11.5 Å². The molecule has 0 aliphatic rings. The minimum Gasteiger partial charge on any atom is -0.488 e. The number of aromatic nitrogens is 3. The van der Waals surface area contributed by atoms with Crippen LogP contribution in [-0.4, -0.2) is 72.0 Å². The maximum absolute atomic E-state index is 11.0. The molecule has 60 heavy (non-hydrogen) atoms. The standard InChI is InChI=1S/C45H45ClN6O8/c1-27-32(26-60-42-15-41(59-25-31-11-30(16-47)18-48-19-31)33(12-39(42)46)20-50-22-35(54)14-45(57)58)5-3-6-36(27)37-7-4-8-38(28(37)2)40-24-52-23-29(9-10-43(52)51-40)17-49-21-34(53)13-44(55)56/h3-12,15,18-19,23-24,34-35,49-50,53-54H,13-14,17,20-22,25-26H2,1-2H3,(H,55,56)(H,57,58). The van der Waals surface area contributed by atoms with Crippen molar-refractivity contribution < 1.29 is 39.5 Å². The zero-order chi connectivity index (χ0) is 42.8. The molecule has 3 aromatic heterocycles. The summed E-state index contributed by atoms with van der Waals surface area (Å²) in [4.78, 5) is 30.9. The van der Waals surface area contributed by atoms with E-state index in [0.29, 0.717) is 39.8 Å². The maximum atomic E-state index is 11.0. The number of hydrogen-bond acceptors (Lipinski definition) is 11. The third kappa shape index (κ3) is 11.2. The minimum absolute atomic E-state index is 0.0401. The van der Waals surface area contributed by atoms with Crippen molar-refractivity contribution in [1.82, 2.24) is 25.0 Å². The number of aliphatic hydroxyl groups excluding tert-OH is 2. The van der Waals surface area contributed by atoms with Gasteiger partial charge in [0.2, 0.25) is 0 Å². The predicted molar refractivity (Wildman–Crippen MR) is 225 cm³/mol. The number of pyridine rings is 2. The second kappa shape index (κ2) is 20.1. The van der Waals surface area contributed by atoms with Crippen LogP contribution in [0.25, 0.3) is 28.0 Å². The lowest BCUT2D eigenvalue weighted by atomic mass is 9.91. The summed E-state index contributed by atoms with van der Waals surface area (Å²) in [6, 6.07) is 23.2. The minimum atomic E-state index is -1.10. The Morgan fingerprint density at radius 3 is 2.17 bits per heavy atom. The van der Waals surface area contributed by atoms with Gasteiger partial charge in [-0.3, -0.25) is 14.6 Å². The van der Waals surface area contributed by atoms with E-state index in [1.807, 2.05) is 60.1 Å². The molecule has 0 saturated carbocycles. The fourth-order valence-corrected chi connectivity index (χ4v) is 7.06. The van der Waals surface area contributed by atoms with Crippen molar-refractivity contribution in [2.24, 2.45) is 0 Å². The molecule has 6 aromatic rings. The van der Waals surface area contributed by atoms with Crippen molar-refractivity contribution in [3.63, 3.8) is 0 Å². The number of aliphatic carboxylic acids is 2. The first-order valence-corrected chi connectivity index (χ1v) is 19.6. The summed E-state index contributed by atoms with van der Waals surface area (Å²) < 4.78 is 14.5. The quantitative estimate of drug-likeness (QED) is 0.0506. The molecule has 2 unspecified atom stereocenters. The van der Waals surface area contributed by atoms with Gasteiger partial charge in [-0.1, -0.05) is 54.1 Å². The van der Waals surface area contributed by atoms with Crippen molar-refractivity contribution >= 4 is 29.2 Å². The topological polar surface area (TPSA) is 212 Å². The number of imidazole rings is 1. The van der Waals surface area contributed by atoms with Gasteiger partial charge >= 0.3 is 11.9 Å². The smallest absolute Gasteiger partial charge is 0.306 e. The first kappa shape index (κ1) is 43.2. The SMILES string of the molecule is Cc1c(COc2cc(OCc3cncc(C#N)c3)c(CNCC(O)CC(=O)O)cc2Cl)cccc1-c1cccc(-c2cn3cc(CNCC(O)CC(=O)O)ccc3n2)c1C. The lowest BCUT2D eigenvalue weighted by molar-refractivity contribution is -0.140. The molecule has 6 N–H and O–H groups in total. The monoisotopic (exact) mass is 832 g/mol. The first-order chi connectivity index (χ1) is 28.9. The number of nitrogens with one attached hydrogen (secondary N) is 2. The molecule has 2 atom stereocenters. The number of ether oxygens (including phenoxy) is 2. The van der Waals surface area contributed by atoms with Gasteiger partial charge in [-0.15, -0.1) is 0 Å². The molecule has 0 spiro atoms. The van der Waals surface area contributed by atoms with E-state index >= 15 is 0 Å². The second-order valence-corrected chi connectivity index (χ2v) is 14.8. The van der Waals surface area contributed by atoms with Gasteiger partial charge in [0, 0.05) is 73.7 Å². The Morgan fingerprint density at radius 2 is 1.45 bits per heavy atom. The Bertz CT molecular complexity index is 2540. The highest BCUT2D eigenvalue weighted by Gasteiger charge is 2.18. The summed E-state index contributed by atoms with van der Waals surface area (Å²) in [5.41, 5.74) is 10.4. The van der Waals surface area contributed by atoms with Crippen LogP contribution in [0.15, 0.2) is 91.5 Å². The van der Waals surface area contributed by atoms with Crippen molar-refractivity contribution in [2.45, 2.75) is 65.2 Å². The number of halogens is 1. The molecule has 0 fully saturated rings. The summed E-state index contributed by atoms with van der Waals surface area (Å²) in [6.45, 7) is 5.32. The number of fused-ring (bicyclic) bond motifs is 1. The zero-order valence-electron chi connectivity index (χ0n) is 33.1. The van der Waals surface area contributed by atoms with Gasteiger partial charge in [0.15, 0.2) is 0 Å². The summed E-state index contributed by atoms with van der Waals surface area (Å²) in [7, 11) is 0. The molecule has 0 aliphatic heterocycles. The van der Waals surface area contributed by atoms with Gasteiger partial charge in [0.05, 0.1) is 41.3 Å². The third-order valence-electron chi connectivity index (χ3n) is 9.90. The van der Waals surface area contributed by atoms with E-state index in [2.05, 4.69) is 40.7 Å².